The van der Waals surface area contributed by atoms with Crippen LogP contribution in [0.15, 0.2) is 43.0 Å². The van der Waals surface area contributed by atoms with Crippen LogP contribution in [0.5, 0.6) is 5.88 Å². The molecule has 0 saturated heterocycles. The number of ether oxygens (including phenoxy) is 1. The van der Waals surface area contributed by atoms with Gasteiger partial charge in [-0.2, -0.15) is 0 Å². The van der Waals surface area contributed by atoms with Crippen molar-refractivity contribution < 1.29 is 13.5 Å². The topological polar surface area (TPSA) is 90.1 Å². The molecular weight excluding hydrogens is 368 g/mol. The fourth-order valence-corrected chi connectivity index (χ4v) is 2.74. The summed E-state index contributed by atoms with van der Waals surface area (Å²) in [4.78, 5) is 16.2. The number of imidazole rings is 1. The van der Waals surface area contributed by atoms with Crippen LogP contribution in [0.4, 0.5) is 14.6 Å². The van der Waals surface area contributed by atoms with Crippen molar-refractivity contribution >= 4 is 11.5 Å². The van der Waals surface area contributed by atoms with Crippen molar-refractivity contribution in [2.45, 2.75) is 13.0 Å². The van der Waals surface area contributed by atoms with Gasteiger partial charge in [0.15, 0.2) is 11.5 Å². The van der Waals surface area contributed by atoms with Gasteiger partial charge in [0, 0.05) is 0 Å². The zero-order valence-electron chi connectivity index (χ0n) is 15.0. The smallest absolute Gasteiger partial charge is 0.222 e. The Morgan fingerprint density at radius 2 is 1.75 bits per heavy atom. The largest absolute Gasteiger partial charge is 0.481 e. The Kier molecular flexibility index (Phi) is 4.52. The number of aromatic nitrogens is 6. The molecule has 0 saturated carbocycles. The normalized spacial score (nSPS) is 12.1. The molecule has 0 radical (unpaired) electrons. The highest BCUT2D eigenvalue weighted by Gasteiger charge is 2.16. The van der Waals surface area contributed by atoms with E-state index in [0.717, 1.165) is 18.6 Å². The quantitative estimate of drug-likeness (QED) is 0.566. The Bertz CT molecular complexity index is 1130. The van der Waals surface area contributed by atoms with Gasteiger partial charge in [0.2, 0.25) is 5.88 Å². The molecule has 4 aromatic rings. The third-order valence-electron chi connectivity index (χ3n) is 4.04. The van der Waals surface area contributed by atoms with Gasteiger partial charge in [-0.3, -0.25) is 0 Å². The lowest BCUT2D eigenvalue weighted by Gasteiger charge is -2.13. The van der Waals surface area contributed by atoms with Crippen LogP contribution < -0.4 is 10.1 Å². The number of fused-ring (bicyclic) bond motifs is 1. The van der Waals surface area contributed by atoms with Crippen LogP contribution in [0, 0.1) is 11.6 Å². The second-order valence-corrected chi connectivity index (χ2v) is 5.97. The van der Waals surface area contributed by atoms with E-state index in [2.05, 4.69) is 30.4 Å². The van der Waals surface area contributed by atoms with E-state index in [4.69, 9.17) is 4.74 Å². The average Bonchev–Trinajstić information content (AvgIpc) is 3.11. The zero-order valence-corrected chi connectivity index (χ0v) is 15.0. The first kappa shape index (κ1) is 17.7. The van der Waals surface area contributed by atoms with E-state index in [1.807, 2.05) is 6.92 Å². The molecule has 0 aliphatic rings. The first-order chi connectivity index (χ1) is 13.5. The first-order valence-corrected chi connectivity index (χ1v) is 8.34. The van der Waals surface area contributed by atoms with Crippen LogP contribution in [0.1, 0.15) is 18.8 Å². The fraction of sp³-hybridized carbons (Fsp3) is 0.167. The second-order valence-electron chi connectivity index (χ2n) is 5.97. The number of pyridine rings is 1. The van der Waals surface area contributed by atoms with Crippen molar-refractivity contribution in [2.24, 2.45) is 0 Å². The summed E-state index contributed by atoms with van der Waals surface area (Å²) < 4.78 is 33.5. The van der Waals surface area contributed by atoms with Gasteiger partial charge in [-0.25, -0.2) is 33.2 Å². The van der Waals surface area contributed by atoms with Gasteiger partial charge in [-0.05, 0) is 25.1 Å². The summed E-state index contributed by atoms with van der Waals surface area (Å²) in [7, 11) is 1.46. The van der Waals surface area contributed by atoms with E-state index >= 15 is 0 Å². The number of methoxy groups -OCH3 is 1. The summed E-state index contributed by atoms with van der Waals surface area (Å²) in [6, 6.07) is 4.50. The van der Waals surface area contributed by atoms with E-state index in [0.29, 0.717) is 28.5 Å². The van der Waals surface area contributed by atoms with E-state index < -0.39 is 11.6 Å². The van der Waals surface area contributed by atoms with Crippen LogP contribution in [-0.4, -0.2) is 36.7 Å². The maximum atomic E-state index is 13.7. The average molecular weight is 383 g/mol. The molecule has 4 rings (SSSR count). The minimum Gasteiger partial charge on any atom is -0.481 e. The molecule has 0 amide bonds. The Balaban J connectivity index is 1.70. The maximum absolute atomic E-state index is 13.7. The standard InChI is InChI=1S/C18H15F2N7O/c1-10(17-22-7-12(20)8-23-17)25-15-3-4-16-21-9-14(27(16)26-15)13-5-11(19)6-24-18(13)28-2/h3-10H,1-2H3,(H,25,26)/t10-/m0/s1. The monoisotopic (exact) mass is 383 g/mol. The lowest BCUT2D eigenvalue weighted by atomic mass is 10.2. The molecule has 0 bridgehead atoms. The third-order valence-corrected chi connectivity index (χ3v) is 4.04. The van der Waals surface area contributed by atoms with Crippen molar-refractivity contribution in [3.05, 3.63) is 60.4 Å². The molecule has 142 valence electrons. The highest BCUT2D eigenvalue weighted by Crippen LogP contribution is 2.29. The van der Waals surface area contributed by atoms with Crippen LogP contribution in [0.3, 0.4) is 0 Å². The van der Waals surface area contributed by atoms with E-state index in [-0.39, 0.29) is 11.9 Å². The summed E-state index contributed by atoms with van der Waals surface area (Å²) in [6.45, 7) is 1.83. The summed E-state index contributed by atoms with van der Waals surface area (Å²) >= 11 is 0. The predicted molar refractivity (Wildman–Crippen MR) is 96.8 cm³/mol. The molecule has 28 heavy (non-hydrogen) atoms. The number of hydrogen-bond donors (Lipinski definition) is 1. The third kappa shape index (κ3) is 3.31. The van der Waals surface area contributed by atoms with Crippen molar-refractivity contribution in [3.8, 4) is 17.1 Å². The van der Waals surface area contributed by atoms with Gasteiger partial charge < -0.3 is 10.1 Å². The molecule has 10 heteroatoms. The van der Waals surface area contributed by atoms with Gasteiger partial charge in [0.25, 0.3) is 0 Å². The SMILES string of the molecule is COc1ncc(F)cc1-c1cnc2ccc(N[C@@H](C)c3ncc(F)cn3)nn12. The molecule has 0 unspecified atom stereocenters. The van der Waals surface area contributed by atoms with E-state index in [1.165, 1.54) is 13.2 Å². The first-order valence-electron chi connectivity index (χ1n) is 8.34. The predicted octanol–water partition coefficient (Wildman–Crippen LogP) is 3.04. The highest BCUT2D eigenvalue weighted by atomic mass is 19.1. The molecule has 8 nitrogen and oxygen atoms in total. The number of nitrogens with one attached hydrogen (secondary N) is 1. The zero-order chi connectivity index (χ0) is 19.7. The molecule has 1 atom stereocenters. The molecule has 0 aliphatic carbocycles. The van der Waals surface area contributed by atoms with Crippen LogP contribution in [0.25, 0.3) is 16.9 Å². The fourth-order valence-electron chi connectivity index (χ4n) is 2.74. The molecular formula is C18H15F2N7O. The summed E-state index contributed by atoms with van der Waals surface area (Å²) in [6.07, 6.45) is 4.86. The number of nitrogens with zero attached hydrogens (tertiary/aromatic N) is 6. The molecule has 0 aromatic carbocycles. The van der Waals surface area contributed by atoms with Gasteiger partial charge in [-0.1, -0.05) is 0 Å². The van der Waals surface area contributed by atoms with Crippen molar-refractivity contribution in [1.82, 2.24) is 29.5 Å². The van der Waals surface area contributed by atoms with Crippen molar-refractivity contribution in [3.63, 3.8) is 0 Å². The summed E-state index contributed by atoms with van der Waals surface area (Å²) in [5.41, 5.74) is 1.51. The molecule has 0 spiro atoms. The minimum absolute atomic E-state index is 0.261. The number of rotatable bonds is 5. The minimum atomic E-state index is -0.504. The molecule has 4 aromatic heterocycles. The van der Waals surface area contributed by atoms with Gasteiger partial charge in [0.1, 0.15) is 17.5 Å². The van der Waals surface area contributed by atoms with Crippen molar-refractivity contribution in [1.29, 1.82) is 0 Å². The van der Waals surface area contributed by atoms with Crippen LogP contribution in [-0.2, 0) is 0 Å². The Hall–Kier alpha value is -3.69. The summed E-state index contributed by atoms with van der Waals surface area (Å²) in [5, 5.41) is 7.66. The lowest BCUT2D eigenvalue weighted by molar-refractivity contribution is 0.397. The second kappa shape index (κ2) is 7.14. The lowest BCUT2D eigenvalue weighted by Crippen LogP contribution is -2.12. The van der Waals surface area contributed by atoms with E-state index in [1.54, 1.807) is 22.8 Å². The number of anilines is 1. The van der Waals surface area contributed by atoms with Crippen LogP contribution >= 0.6 is 0 Å². The Morgan fingerprint density at radius 1 is 1.00 bits per heavy atom. The molecule has 4 heterocycles. The maximum Gasteiger partial charge on any atom is 0.222 e. The number of hydrogen-bond acceptors (Lipinski definition) is 7. The van der Waals surface area contributed by atoms with E-state index in [9.17, 15) is 8.78 Å². The molecule has 0 aliphatic heterocycles. The Labute approximate surface area is 158 Å². The molecule has 0 fully saturated rings. The van der Waals surface area contributed by atoms with Crippen molar-refractivity contribution in [2.75, 3.05) is 12.4 Å². The Morgan fingerprint density at radius 3 is 2.50 bits per heavy atom. The van der Waals surface area contributed by atoms with Crippen LogP contribution in [0.2, 0.25) is 0 Å². The van der Waals surface area contributed by atoms with Gasteiger partial charge in [-0.15, -0.1) is 5.10 Å². The molecule has 1 N–H and O–H groups in total. The highest BCUT2D eigenvalue weighted by molar-refractivity contribution is 5.68. The van der Waals surface area contributed by atoms with Gasteiger partial charge in [0.05, 0.1) is 49.2 Å². The van der Waals surface area contributed by atoms with Gasteiger partial charge >= 0.3 is 0 Å². The number of halogens is 2. The summed E-state index contributed by atoms with van der Waals surface area (Å²) in [5.74, 6) is 0.190.